The molecule has 0 radical (unpaired) electrons. The summed E-state index contributed by atoms with van der Waals surface area (Å²) in [6.07, 6.45) is 0.132. The molecular formula is C19H26N4O2. The van der Waals surface area contributed by atoms with Gasteiger partial charge in [-0.15, -0.1) is 0 Å². The van der Waals surface area contributed by atoms with Crippen LogP contribution in [0.2, 0.25) is 0 Å². The lowest BCUT2D eigenvalue weighted by Crippen LogP contribution is -2.31. The number of ether oxygens (including phenoxy) is 1. The van der Waals surface area contributed by atoms with Crippen LogP contribution in [0.4, 0.5) is 11.6 Å². The summed E-state index contributed by atoms with van der Waals surface area (Å²) < 4.78 is 5.63. The molecule has 0 aliphatic carbocycles. The first kappa shape index (κ1) is 18.7. The van der Waals surface area contributed by atoms with Crippen LogP contribution in [0.5, 0.6) is 5.75 Å². The molecule has 2 rings (SSSR count). The van der Waals surface area contributed by atoms with Crippen LogP contribution in [-0.4, -0.2) is 40.0 Å². The molecule has 6 heteroatoms. The third kappa shape index (κ3) is 5.17. The Balaban J connectivity index is 2.18. The SMILES string of the molecule is CCN(CC)C(=O)c1cc(C)nc(Nc2ccc(OC(C)C)cc2)n1. The fraction of sp³-hybridized carbons (Fsp3) is 0.421. The molecule has 25 heavy (non-hydrogen) atoms. The van der Waals surface area contributed by atoms with E-state index in [0.717, 1.165) is 17.1 Å². The number of benzene rings is 1. The number of nitrogens with zero attached hydrogens (tertiary/aromatic N) is 3. The predicted octanol–water partition coefficient (Wildman–Crippen LogP) is 3.80. The van der Waals surface area contributed by atoms with Gasteiger partial charge in [0.05, 0.1) is 6.10 Å². The van der Waals surface area contributed by atoms with E-state index < -0.39 is 0 Å². The third-order valence-electron chi connectivity index (χ3n) is 3.61. The lowest BCUT2D eigenvalue weighted by Gasteiger charge is -2.18. The maximum Gasteiger partial charge on any atom is 0.272 e. The Morgan fingerprint density at radius 1 is 1.16 bits per heavy atom. The van der Waals surface area contributed by atoms with E-state index in [2.05, 4.69) is 15.3 Å². The minimum Gasteiger partial charge on any atom is -0.491 e. The van der Waals surface area contributed by atoms with Gasteiger partial charge in [0.25, 0.3) is 5.91 Å². The smallest absolute Gasteiger partial charge is 0.272 e. The zero-order chi connectivity index (χ0) is 18.4. The Hall–Kier alpha value is -2.63. The molecule has 2 aromatic rings. The Kier molecular flexibility index (Phi) is 6.33. The van der Waals surface area contributed by atoms with Crippen LogP contribution in [0.25, 0.3) is 0 Å². The molecule has 0 saturated heterocycles. The second-order valence-electron chi connectivity index (χ2n) is 6.01. The Morgan fingerprint density at radius 3 is 2.36 bits per heavy atom. The van der Waals surface area contributed by atoms with Crippen LogP contribution in [-0.2, 0) is 0 Å². The highest BCUT2D eigenvalue weighted by Crippen LogP contribution is 2.19. The summed E-state index contributed by atoms with van der Waals surface area (Å²) in [5, 5.41) is 3.15. The minimum absolute atomic E-state index is 0.0840. The van der Waals surface area contributed by atoms with Gasteiger partial charge in [-0.2, -0.15) is 0 Å². The first-order chi connectivity index (χ1) is 11.9. The van der Waals surface area contributed by atoms with Gasteiger partial charge in [-0.25, -0.2) is 9.97 Å². The normalized spacial score (nSPS) is 10.6. The molecule has 0 unspecified atom stereocenters. The van der Waals surface area contributed by atoms with Gasteiger partial charge in [-0.05, 0) is 65.0 Å². The van der Waals surface area contributed by atoms with E-state index in [1.165, 1.54) is 0 Å². The van der Waals surface area contributed by atoms with Gasteiger partial charge >= 0.3 is 0 Å². The van der Waals surface area contributed by atoms with E-state index in [1.54, 1.807) is 11.0 Å². The van der Waals surface area contributed by atoms with Gasteiger partial charge in [-0.3, -0.25) is 4.79 Å². The van der Waals surface area contributed by atoms with Crippen molar-refractivity contribution in [3.05, 3.63) is 41.7 Å². The van der Waals surface area contributed by atoms with E-state index in [1.807, 2.05) is 58.9 Å². The quantitative estimate of drug-likeness (QED) is 0.829. The highest BCUT2D eigenvalue weighted by atomic mass is 16.5. The summed E-state index contributed by atoms with van der Waals surface area (Å²) in [6, 6.07) is 9.29. The topological polar surface area (TPSA) is 67.4 Å². The van der Waals surface area contributed by atoms with Crippen LogP contribution in [0.3, 0.4) is 0 Å². The van der Waals surface area contributed by atoms with E-state index >= 15 is 0 Å². The minimum atomic E-state index is -0.0840. The van der Waals surface area contributed by atoms with Crippen molar-refractivity contribution in [2.24, 2.45) is 0 Å². The van der Waals surface area contributed by atoms with Crippen molar-refractivity contribution < 1.29 is 9.53 Å². The Bertz CT molecular complexity index is 710. The monoisotopic (exact) mass is 342 g/mol. The lowest BCUT2D eigenvalue weighted by atomic mass is 10.3. The Morgan fingerprint density at radius 2 is 1.80 bits per heavy atom. The molecule has 1 amide bonds. The Labute approximate surface area is 149 Å². The van der Waals surface area contributed by atoms with E-state index in [-0.39, 0.29) is 12.0 Å². The van der Waals surface area contributed by atoms with Crippen LogP contribution in [0.15, 0.2) is 30.3 Å². The number of aromatic nitrogens is 2. The van der Waals surface area contributed by atoms with Gasteiger partial charge in [0.15, 0.2) is 0 Å². The number of amides is 1. The fourth-order valence-corrected chi connectivity index (χ4v) is 2.42. The van der Waals surface area contributed by atoms with E-state index in [4.69, 9.17) is 4.74 Å². The average molecular weight is 342 g/mol. The number of hydrogen-bond acceptors (Lipinski definition) is 5. The molecule has 0 bridgehead atoms. The second kappa shape index (κ2) is 8.46. The van der Waals surface area contributed by atoms with Gasteiger partial charge in [-0.1, -0.05) is 0 Å². The molecule has 1 aromatic heterocycles. The van der Waals surface area contributed by atoms with Crippen molar-refractivity contribution in [2.75, 3.05) is 18.4 Å². The number of hydrogen-bond donors (Lipinski definition) is 1. The van der Waals surface area contributed by atoms with E-state index in [9.17, 15) is 4.79 Å². The van der Waals surface area contributed by atoms with Crippen molar-refractivity contribution in [1.29, 1.82) is 0 Å². The molecule has 1 aromatic carbocycles. The summed E-state index contributed by atoms with van der Waals surface area (Å²) in [5.74, 6) is 1.13. The van der Waals surface area contributed by atoms with Crippen molar-refractivity contribution >= 4 is 17.5 Å². The van der Waals surface area contributed by atoms with Gasteiger partial charge < -0.3 is 15.0 Å². The third-order valence-corrected chi connectivity index (χ3v) is 3.61. The summed E-state index contributed by atoms with van der Waals surface area (Å²) in [4.78, 5) is 23.0. The van der Waals surface area contributed by atoms with Crippen LogP contribution < -0.4 is 10.1 Å². The highest BCUT2D eigenvalue weighted by Gasteiger charge is 2.16. The van der Waals surface area contributed by atoms with Crippen LogP contribution in [0, 0.1) is 6.92 Å². The maximum absolute atomic E-state index is 12.5. The maximum atomic E-state index is 12.5. The average Bonchev–Trinajstić information content (AvgIpc) is 2.56. The van der Waals surface area contributed by atoms with Crippen LogP contribution in [0.1, 0.15) is 43.9 Å². The van der Waals surface area contributed by atoms with Gasteiger partial charge in [0.1, 0.15) is 11.4 Å². The molecule has 0 spiro atoms. The van der Waals surface area contributed by atoms with Crippen molar-refractivity contribution in [2.45, 2.75) is 40.7 Å². The largest absolute Gasteiger partial charge is 0.491 e. The van der Waals surface area contributed by atoms with Gasteiger partial charge in [0.2, 0.25) is 5.95 Å². The van der Waals surface area contributed by atoms with E-state index in [0.29, 0.717) is 24.7 Å². The molecular weight excluding hydrogens is 316 g/mol. The molecule has 0 aliphatic rings. The lowest BCUT2D eigenvalue weighted by molar-refractivity contribution is 0.0767. The fourth-order valence-electron chi connectivity index (χ4n) is 2.42. The summed E-state index contributed by atoms with van der Waals surface area (Å²) >= 11 is 0. The summed E-state index contributed by atoms with van der Waals surface area (Å²) in [5.41, 5.74) is 1.98. The zero-order valence-corrected chi connectivity index (χ0v) is 15.5. The highest BCUT2D eigenvalue weighted by molar-refractivity contribution is 5.92. The summed E-state index contributed by atoms with van der Waals surface area (Å²) in [7, 11) is 0. The molecule has 0 aliphatic heterocycles. The van der Waals surface area contributed by atoms with Gasteiger partial charge in [0, 0.05) is 24.5 Å². The van der Waals surface area contributed by atoms with Crippen molar-refractivity contribution in [1.82, 2.24) is 14.9 Å². The number of anilines is 2. The number of nitrogens with one attached hydrogen (secondary N) is 1. The number of carbonyl (C=O) groups is 1. The first-order valence-electron chi connectivity index (χ1n) is 8.61. The molecule has 0 atom stereocenters. The molecule has 1 heterocycles. The molecule has 0 fully saturated rings. The second-order valence-corrected chi connectivity index (χ2v) is 6.01. The standard InChI is InChI=1S/C19H26N4O2/c1-6-23(7-2)18(24)17-12-14(5)20-19(22-17)21-15-8-10-16(11-9-15)25-13(3)4/h8-13H,6-7H2,1-5H3,(H,20,21,22). The summed E-state index contributed by atoms with van der Waals surface area (Å²) in [6.45, 7) is 11.0. The van der Waals surface area contributed by atoms with Crippen molar-refractivity contribution in [3.8, 4) is 5.75 Å². The molecule has 134 valence electrons. The van der Waals surface area contributed by atoms with Crippen molar-refractivity contribution in [3.63, 3.8) is 0 Å². The number of aryl methyl sites for hydroxylation is 1. The molecule has 1 N–H and O–H groups in total. The van der Waals surface area contributed by atoms with Crippen LogP contribution >= 0.6 is 0 Å². The predicted molar refractivity (Wildman–Crippen MR) is 99.5 cm³/mol. The molecule has 6 nitrogen and oxygen atoms in total. The molecule has 0 saturated carbocycles. The number of carbonyl (C=O) groups excluding carboxylic acids is 1. The first-order valence-corrected chi connectivity index (χ1v) is 8.61. The zero-order valence-electron chi connectivity index (χ0n) is 15.5. The number of rotatable bonds is 7.